The van der Waals surface area contributed by atoms with Gasteiger partial charge in [0.05, 0.1) is 15.5 Å². The van der Waals surface area contributed by atoms with Crippen molar-refractivity contribution < 1.29 is 27.5 Å². The fourth-order valence-corrected chi connectivity index (χ4v) is 4.11. The van der Waals surface area contributed by atoms with E-state index in [-0.39, 0.29) is 17.6 Å². The summed E-state index contributed by atoms with van der Waals surface area (Å²) in [7, 11) is 1.23. The van der Waals surface area contributed by atoms with Crippen molar-refractivity contribution in [3.05, 3.63) is 41.1 Å². The molecule has 3 rings (SSSR count). The molecule has 162 valence electrons. The number of alkyl carbamates (subject to hydrolysis) is 1. The van der Waals surface area contributed by atoms with Gasteiger partial charge in [-0.2, -0.15) is 18.3 Å². The van der Waals surface area contributed by atoms with E-state index in [1.165, 1.54) is 7.05 Å². The smallest absolute Gasteiger partial charge is 0.416 e. The lowest BCUT2D eigenvalue weighted by Gasteiger charge is -2.31. The average Bonchev–Trinajstić information content (AvgIpc) is 3.27. The summed E-state index contributed by atoms with van der Waals surface area (Å²) in [5.74, 6) is 0.102. The van der Waals surface area contributed by atoms with Crippen molar-refractivity contribution in [2.24, 2.45) is 7.05 Å². The van der Waals surface area contributed by atoms with Crippen LogP contribution in [0.2, 0.25) is 0 Å². The topological polar surface area (TPSA) is 76.5 Å². The highest BCUT2D eigenvalue weighted by Crippen LogP contribution is 2.34. The number of hydrogen-bond donors (Lipinski definition) is 1. The minimum absolute atomic E-state index is 0.103. The van der Waals surface area contributed by atoms with Crippen LogP contribution < -0.4 is 5.32 Å². The molecule has 0 aromatic carbocycles. The van der Waals surface area contributed by atoms with Gasteiger partial charge in [0.1, 0.15) is 11.4 Å². The Morgan fingerprint density at radius 3 is 2.53 bits per heavy atom. The van der Waals surface area contributed by atoms with Crippen LogP contribution in [0.25, 0.3) is 10.6 Å². The molecule has 1 fully saturated rings. The quantitative estimate of drug-likeness (QED) is 0.726. The lowest BCUT2D eigenvalue weighted by atomic mass is 10.1. The molecule has 1 saturated heterocycles. The number of piperidine rings is 1. The SMILES string of the molecule is C=C(C)OC(=O)NC1CCN(C(=O)c2ccc(-c3cc(C(F)(F)F)n(C)n3)s2)CC1. The summed E-state index contributed by atoms with van der Waals surface area (Å²) in [6.45, 7) is 5.98. The van der Waals surface area contributed by atoms with E-state index in [0.29, 0.717) is 41.4 Å². The van der Waals surface area contributed by atoms with E-state index in [1.54, 1.807) is 24.0 Å². The fraction of sp³-hybridized carbons (Fsp3) is 0.421. The molecule has 0 radical (unpaired) electrons. The lowest BCUT2D eigenvalue weighted by molar-refractivity contribution is -0.143. The van der Waals surface area contributed by atoms with Gasteiger partial charge in [-0.3, -0.25) is 9.48 Å². The molecule has 30 heavy (non-hydrogen) atoms. The van der Waals surface area contributed by atoms with Gasteiger partial charge in [0.15, 0.2) is 0 Å². The van der Waals surface area contributed by atoms with E-state index in [2.05, 4.69) is 17.0 Å². The first-order valence-electron chi connectivity index (χ1n) is 9.19. The standard InChI is InChI=1S/C19H21F3N4O3S/c1-11(2)29-18(28)23-12-6-8-26(9-7-12)17(27)15-5-4-14(30-15)13-10-16(19(20,21)22)25(3)24-13/h4-5,10,12H,1,6-9H2,2-3H3,(H,23,28). The summed E-state index contributed by atoms with van der Waals surface area (Å²) in [4.78, 5) is 27.0. The zero-order valence-electron chi connectivity index (χ0n) is 16.5. The van der Waals surface area contributed by atoms with Crippen LogP contribution in [0.15, 0.2) is 30.5 Å². The third-order valence-electron chi connectivity index (χ3n) is 4.61. The highest BCUT2D eigenvalue weighted by Gasteiger charge is 2.35. The van der Waals surface area contributed by atoms with Crippen LogP contribution >= 0.6 is 11.3 Å². The number of nitrogens with one attached hydrogen (secondary N) is 1. The number of thiophene rings is 1. The first-order chi connectivity index (χ1) is 14.0. The van der Waals surface area contributed by atoms with Crippen molar-refractivity contribution in [2.75, 3.05) is 13.1 Å². The molecular weight excluding hydrogens is 421 g/mol. The summed E-state index contributed by atoms with van der Waals surface area (Å²) in [6.07, 6.45) is -3.91. The Morgan fingerprint density at radius 1 is 1.30 bits per heavy atom. The fourth-order valence-electron chi connectivity index (χ4n) is 3.18. The molecule has 1 aliphatic heterocycles. The van der Waals surface area contributed by atoms with Gasteiger partial charge in [-0.1, -0.05) is 6.58 Å². The molecule has 0 aliphatic carbocycles. The van der Waals surface area contributed by atoms with Crippen LogP contribution in [0.1, 0.15) is 35.1 Å². The van der Waals surface area contributed by atoms with E-state index in [1.807, 2.05) is 0 Å². The molecule has 0 saturated carbocycles. The second-order valence-corrected chi connectivity index (χ2v) is 8.09. The maximum atomic E-state index is 13.0. The predicted molar refractivity (Wildman–Crippen MR) is 105 cm³/mol. The van der Waals surface area contributed by atoms with Crippen LogP contribution in [0.4, 0.5) is 18.0 Å². The molecule has 2 aromatic rings. The third-order valence-corrected chi connectivity index (χ3v) is 5.71. The largest absolute Gasteiger partial charge is 0.433 e. The number of ether oxygens (including phenoxy) is 1. The Hall–Kier alpha value is -2.82. The Morgan fingerprint density at radius 2 is 1.97 bits per heavy atom. The number of hydrogen-bond acceptors (Lipinski definition) is 5. The lowest BCUT2D eigenvalue weighted by Crippen LogP contribution is -2.46. The minimum atomic E-state index is -4.49. The summed E-state index contributed by atoms with van der Waals surface area (Å²) in [5, 5.41) is 6.65. The first kappa shape index (κ1) is 21.9. The summed E-state index contributed by atoms with van der Waals surface area (Å²) >= 11 is 1.10. The van der Waals surface area contributed by atoms with Crippen molar-refractivity contribution >= 4 is 23.3 Å². The van der Waals surface area contributed by atoms with Gasteiger partial charge in [-0.25, -0.2) is 4.79 Å². The minimum Gasteiger partial charge on any atom is -0.416 e. The number of allylic oxidation sites excluding steroid dienone is 1. The van der Waals surface area contributed by atoms with E-state index in [4.69, 9.17) is 4.74 Å². The normalized spacial score (nSPS) is 15.2. The summed E-state index contributed by atoms with van der Waals surface area (Å²) in [6, 6.07) is 4.07. The van der Waals surface area contributed by atoms with Gasteiger partial charge in [-0.15, -0.1) is 11.3 Å². The van der Waals surface area contributed by atoms with Gasteiger partial charge < -0.3 is 15.0 Å². The van der Waals surface area contributed by atoms with Crippen molar-refractivity contribution in [3.63, 3.8) is 0 Å². The van der Waals surface area contributed by atoms with Gasteiger partial charge in [0.25, 0.3) is 5.91 Å². The van der Waals surface area contributed by atoms with Crippen LogP contribution in [-0.2, 0) is 18.0 Å². The van der Waals surface area contributed by atoms with Crippen LogP contribution in [0.3, 0.4) is 0 Å². The summed E-state index contributed by atoms with van der Waals surface area (Å²) in [5.41, 5.74) is -0.675. The van der Waals surface area contributed by atoms with Gasteiger partial charge in [0, 0.05) is 26.2 Å². The number of rotatable bonds is 4. The van der Waals surface area contributed by atoms with E-state index < -0.39 is 18.0 Å². The second-order valence-electron chi connectivity index (χ2n) is 7.00. The van der Waals surface area contributed by atoms with Gasteiger partial charge in [0.2, 0.25) is 0 Å². The highest BCUT2D eigenvalue weighted by molar-refractivity contribution is 7.17. The van der Waals surface area contributed by atoms with Crippen molar-refractivity contribution in [3.8, 4) is 10.6 Å². The molecule has 0 spiro atoms. The Kier molecular flexibility index (Phi) is 6.20. The molecule has 1 N–H and O–H groups in total. The first-order valence-corrected chi connectivity index (χ1v) is 10.0. The molecule has 2 aromatic heterocycles. The van der Waals surface area contributed by atoms with Crippen molar-refractivity contribution in [1.82, 2.24) is 20.0 Å². The second kappa shape index (κ2) is 8.50. The third kappa shape index (κ3) is 5.02. The maximum Gasteiger partial charge on any atom is 0.433 e. The number of carbonyl (C=O) groups is 2. The zero-order chi connectivity index (χ0) is 22.1. The molecule has 2 amide bonds. The zero-order valence-corrected chi connectivity index (χ0v) is 17.3. The number of halogens is 3. The number of amides is 2. The Labute approximate surface area is 175 Å². The molecule has 11 heteroatoms. The number of likely N-dealkylation sites (tertiary alicyclic amines) is 1. The Balaban J connectivity index is 1.61. The van der Waals surface area contributed by atoms with E-state index in [0.717, 1.165) is 22.1 Å². The molecule has 0 unspecified atom stereocenters. The number of aryl methyl sites for hydroxylation is 1. The van der Waals surface area contributed by atoms with Crippen LogP contribution in [-0.4, -0.2) is 45.8 Å². The number of carbonyl (C=O) groups excluding carboxylic acids is 2. The predicted octanol–water partition coefficient (Wildman–Crippen LogP) is 4.03. The highest BCUT2D eigenvalue weighted by atomic mass is 32.1. The van der Waals surface area contributed by atoms with Gasteiger partial charge in [-0.05, 0) is 38.0 Å². The number of nitrogens with zero attached hydrogens (tertiary/aromatic N) is 3. The Bertz CT molecular complexity index is 959. The molecular formula is C19H21F3N4O3S. The molecule has 1 aliphatic rings. The molecule has 7 nitrogen and oxygen atoms in total. The molecule has 0 atom stereocenters. The van der Waals surface area contributed by atoms with Crippen molar-refractivity contribution in [1.29, 1.82) is 0 Å². The van der Waals surface area contributed by atoms with Gasteiger partial charge >= 0.3 is 12.3 Å². The summed E-state index contributed by atoms with van der Waals surface area (Å²) < 4.78 is 44.6. The monoisotopic (exact) mass is 442 g/mol. The molecule has 3 heterocycles. The van der Waals surface area contributed by atoms with Crippen LogP contribution in [0, 0.1) is 0 Å². The molecule has 0 bridgehead atoms. The maximum absolute atomic E-state index is 13.0. The van der Waals surface area contributed by atoms with E-state index >= 15 is 0 Å². The van der Waals surface area contributed by atoms with Crippen LogP contribution in [0.5, 0.6) is 0 Å². The number of alkyl halides is 3. The van der Waals surface area contributed by atoms with Crippen molar-refractivity contribution in [2.45, 2.75) is 32.0 Å². The average molecular weight is 442 g/mol. The van der Waals surface area contributed by atoms with E-state index in [9.17, 15) is 22.8 Å². The number of aromatic nitrogens is 2.